The molecule has 0 unspecified atom stereocenters. The van der Waals surface area contributed by atoms with Crippen molar-refractivity contribution >= 4 is 5.57 Å². The zero-order chi connectivity index (χ0) is 10.1. The molecule has 1 aliphatic carbocycles. The highest BCUT2D eigenvalue weighted by Crippen LogP contribution is 2.32. The highest BCUT2D eigenvalue weighted by atomic mass is 16.3. The summed E-state index contributed by atoms with van der Waals surface area (Å²) in [5.41, 5.74) is 10.8. The van der Waals surface area contributed by atoms with Crippen molar-refractivity contribution in [2.75, 3.05) is 6.54 Å². The van der Waals surface area contributed by atoms with Crippen molar-refractivity contribution in [3.8, 4) is 5.75 Å². The Morgan fingerprint density at radius 3 is 2.86 bits per heavy atom. The lowest BCUT2D eigenvalue weighted by Gasteiger charge is -2.20. The third kappa shape index (κ3) is 1.42. The van der Waals surface area contributed by atoms with Gasteiger partial charge in [0.15, 0.2) is 0 Å². The van der Waals surface area contributed by atoms with Gasteiger partial charge in [-0.2, -0.15) is 0 Å². The summed E-state index contributed by atoms with van der Waals surface area (Å²) in [6.45, 7) is 2.75. The summed E-state index contributed by atoms with van der Waals surface area (Å²) in [7, 11) is 0. The van der Waals surface area contributed by atoms with E-state index in [1.807, 2.05) is 12.1 Å². The first-order valence-corrected chi connectivity index (χ1v) is 4.93. The molecule has 2 rings (SSSR count). The van der Waals surface area contributed by atoms with E-state index in [9.17, 15) is 5.11 Å². The molecule has 2 nitrogen and oxygen atoms in total. The summed E-state index contributed by atoms with van der Waals surface area (Å²) < 4.78 is 0. The Morgan fingerprint density at radius 2 is 2.14 bits per heavy atom. The SMILES string of the molecule is CC1=C(CN)CCc2cc(O)ccc21. The van der Waals surface area contributed by atoms with Crippen molar-refractivity contribution in [3.63, 3.8) is 0 Å². The third-order valence-corrected chi connectivity index (χ3v) is 2.97. The first-order chi connectivity index (χ1) is 6.72. The van der Waals surface area contributed by atoms with E-state index in [0.717, 1.165) is 12.8 Å². The number of hydrogen-bond acceptors (Lipinski definition) is 2. The Hall–Kier alpha value is -1.28. The summed E-state index contributed by atoms with van der Waals surface area (Å²) >= 11 is 0. The zero-order valence-corrected chi connectivity index (χ0v) is 8.38. The van der Waals surface area contributed by atoms with Crippen LogP contribution in [-0.2, 0) is 6.42 Å². The van der Waals surface area contributed by atoms with Gasteiger partial charge in [-0.3, -0.25) is 0 Å². The van der Waals surface area contributed by atoms with E-state index in [1.165, 1.54) is 22.3 Å². The van der Waals surface area contributed by atoms with Crippen LogP contribution in [0.5, 0.6) is 5.75 Å². The molecule has 1 aliphatic rings. The number of rotatable bonds is 1. The lowest BCUT2D eigenvalue weighted by molar-refractivity contribution is 0.474. The van der Waals surface area contributed by atoms with E-state index in [0.29, 0.717) is 12.3 Å². The summed E-state index contributed by atoms with van der Waals surface area (Å²) in [5.74, 6) is 0.354. The molecule has 0 aliphatic heterocycles. The van der Waals surface area contributed by atoms with Gasteiger partial charge >= 0.3 is 0 Å². The molecule has 1 aromatic carbocycles. The molecule has 0 saturated carbocycles. The predicted octanol–water partition coefficient (Wildman–Crippen LogP) is 2.07. The van der Waals surface area contributed by atoms with Gasteiger partial charge in [0.25, 0.3) is 0 Å². The Kier molecular flexibility index (Phi) is 2.30. The maximum atomic E-state index is 9.36. The van der Waals surface area contributed by atoms with Crippen molar-refractivity contribution in [2.45, 2.75) is 19.8 Å². The molecule has 14 heavy (non-hydrogen) atoms. The average molecular weight is 189 g/mol. The number of phenols is 1. The van der Waals surface area contributed by atoms with Crippen LogP contribution in [0.2, 0.25) is 0 Å². The molecule has 0 fully saturated rings. The highest BCUT2D eigenvalue weighted by molar-refractivity contribution is 5.72. The standard InChI is InChI=1S/C12H15NO/c1-8-10(7-13)3-2-9-6-11(14)4-5-12(8)9/h4-6,14H,2-3,7,13H2,1H3. The van der Waals surface area contributed by atoms with Crippen LogP contribution < -0.4 is 5.73 Å². The molecule has 0 atom stereocenters. The summed E-state index contributed by atoms with van der Waals surface area (Å²) in [4.78, 5) is 0. The van der Waals surface area contributed by atoms with Crippen LogP contribution in [0.4, 0.5) is 0 Å². The molecule has 0 aromatic heterocycles. The van der Waals surface area contributed by atoms with Gasteiger partial charge in [-0.15, -0.1) is 0 Å². The number of hydrogen-bond donors (Lipinski definition) is 2. The number of aromatic hydroxyl groups is 1. The lowest BCUT2D eigenvalue weighted by Crippen LogP contribution is -2.11. The lowest BCUT2D eigenvalue weighted by atomic mass is 9.86. The predicted molar refractivity (Wildman–Crippen MR) is 58.1 cm³/mol. The molecule has 0 heterocycles. The molecule has 0 saturated heterocycles. The van der Waals surface area contributed by atoms with E-state index in [-0.39, 0.29) is 0 Å². The summed E-state index contributed by atoms with van der Waals surface area (Å²) in [6, 6.07) is 5.57. The smallest absolute Gasteiger partial charge is 0.115 e. The first-order valence-electron chi connectivity index (χ1n) is 4.93. The highest BCUT2D eigenvalue weighted by Gasteiger charge is 2.14. The van der Waals surface area contributed by atoms with Crippen LogP contribution in [0.15, 0.2) is 23.8 Å². The molecule has 0 amide bonds. The van der Waals surface area contributed by atoms with Gasteiger partial charge in [0.2, 0.25) is 0 Å². The molecule has 1 aromatic rings. The molecule has 3 N–H and O–H groups in total. The minimum Gasteiger partial charge on any atom is -0.508 e. The van der Waals surface area contributed by atoms with Crippen molar-refractivity contribution in [1.82, 2.24) is 0 Å². The molecule has 2 heteroatoms. The Morgan fingerprint density at radius 1 is 1.36 bits per heavy atom. The topological polar surface area (TPSA) is 46.2 Å². The first kappa shape index (κ1) is 9.28. The third-order valence-electron chi connectivity index (χ3n) is 2.97. The van der Waals surface area contributed by atoms with Crippen LogP contribution in [0, 0.1) is 0 Å². The normalized spacial score (nSPS) is 15.6. The van der Waals surface area contributed by atoms with E-state index in [1.54, 1.807) is 6.07 Å². The number of allylic oxidation sites excluding steroid dienone is 1. The molecule has 0 bridgehead atoms. The molecular formula is C12H15NO. The van der Waals surface area contributed by atoms with Crippen molar-refractivity contribution in [2.24, 2.45) is 5.73 Å². The second kappa shape index (κ2) is 3.46. The maximum absolute atomic E-state index is 9.36. The Bertz CT molecular complexity index is 393. The Labute approximate surface area is 84.1 Å². The van der Waals surface area contributed by atoms with Crippen LogP contribution in [0.3, 0.4) is 0 Å². The summed E-state index contributed by atoms with van der Waals surface area (Å²) in [6.07, 6.45) is 2.02. The van der Waals surface area contributed by atoms with Gasteiger partial charge in [0.05, 0.1) is 0 Å². The number of aryl methyl sites for hydroxylation is 1. The largest absolute Gasteiger partial charge is 0.508 e. The number of fused-ring (bicyclic) bond motifs is 1. The fourth-order valence-corrected chi connectivity index (χ4v) is 2.07. The van der Waals surface area contributed by atoms with E-state index in [4.69, 9.17) is 5.73 Å². The molecular weight excluding hydrogens is 174 g/mol. The van der Waals surface area contributed by atoms with Crippen LogP contribution in [-0.4, -0.2) is 11.7 Å². The van der Waals surface area contributed by atoms with E-state index in [2.05, 4.69) is 6.92 Å². The second-order valence-electron chi connectivity index (χ2n) is 3.77. The van der Waals surface area contributed by atoms with Gasteiger partial charge in [-0.05, 0) is 48.6 Å². The molecule has 0 radical (unpaired) electrons. The number of phenolic OH excluding ortho intramolecular Hbond substituents is 1. The monoisotopic (exact) mass is 189 g/mol. The van der Waals surface area contributed by atoms with Crippen LogP contribution >= 0.6 is 0 Å². The summed E-state index contributed by atoms with van der Waals surface area (Å²) in [5, 5.41) is 9.36. The van der Waals surface area contributed by atoms with E-state index < -0.39 is 0 Å². The minimum atomic E-state index is 0.354. The fourth-order valence-electron chi connectivity index (χ4n) is 2.07. The van der Waals surface area contributed by atoms with Crippen molar-refractivity contribution < 1.29 is 5.11 Å². The quantitative estimate of drug-likeness (QED) is 0.710. The van der Waals surface area contributed by atoms with Crippen LogP contribution in [0.25, 0.3) is 5.57 Å². The molecule has 74 valence electrons. The van der Waals surface area contributed by atoms with Gasteiger partial charge in [-0.1, -0.05) is 11.6 Å². The van der Waals surface area contributed by atoms with Gasteiger partial charge in [-0.25, -0.2) is 0 Å². The van der Waals surface area contributed by atoms with Crippen LogP contribution in [0.1, 0.15) is 24.5 Å². The fraction of sp³-hybridized carbons (Fsp3) is 0.333. The van der Waals surface area contributed by atoms with Crippen molar-refractivity contribution in [3.05, 3.63) is 34.9 Å². The molecule has 0 spiro atoms. The maximum Gasteiger partial charge on any atom is 0.115 e. The van der Waals surface area contributed by atoms with Gasteiger partial charge in [0.1, 0.15) is 5.75 Å². The number of nitrogens with two attached hydrogens (primary N) is 1. The van der Waals surface area contributed by atoms with Gasteiger partial charge < -0.3 is 10.8 Å². The van der Waals surface area contributed by atoms with Gasteiger partial charge in [0, 0.05) is 6.54 Å². The van der Waals surface area contributed by atoms with E-state index >= 15 is 0 Å². The zero-order valence-electron chi connectivity index (χ0n) is 8.38. The Balaban J connectivity index is 2.52. The second-order valence-corrected chi connectivity index (χ2v) is 3.77. The van der Waals surface area contributed by atoms with Crippen molar-refractivity contribution in [1.29, 1.82) is 0 Å². The average Bonchev–Trinajstić information content (AvgIpc) is 2.18. The minimum absolute atomic E-state index is 0.354. The number of benzene rings is 1.